The van der Waals surface area contributed by atoms with Crippen molar-refractivity contribution >= 4 is 21.6 Å². The Morgan fingerprint density at radius 2 is 1.74 bits per heavy atom. The number of para-hydroxylation sites is 1. The van der Waals surface area contributed by atoms with E-state index in [2.05, 4.69) is 21.2 Å². The van der Waals surface area contributed by atoms with Gasteiger partial charge in [0.25, 0.3) is 0 Å². The van der Waals surface area contributed by atoms with Gasteiger partial charge in [0.2, 0.25) is 0 Å². The number of rotatable bonds is 4. The summed E-state index contributed by atoms with van der Waals surface area (Å²) in [5.41, 5.74) is 0.431. The highest BCUT2D eigenvalue weighted by Crippen LogP contribution is 2.26. The molecule has 0 saturated heterocycles. The predicted octanol–water partition coefficient (Wildman–Crippen LogP) is 3.87. The third kappa shape index (κ3) is 3.30. The molecule has 1 unspecified atom stereocenters. The van der Waals surface area contributed by atoms with Gasteiger partial charge in [-0.3, -0.25) is 0 Å². The molecule has 2 aromatic carbocycles. The van der Waals surface area contributed by atoms with E-state index in [0.29, 0.717) is 4.47 Å². The maximum atomic E-state index is 13.5. The summed E-state index contributed by atoms with van der Waals surface area (Å²) < 4.78 is 27.5. The summed E-state index contributed by atoms with van der Waals surface area (Å²) in [7, 11) is 0. The van der Waals surface area contributed by atoms with Crippen LogP contribution >= 0.6 is 15.9 Å². The van der Waals surface area contributed by atoms with Gasteiger partial charge in [0.05, 0.1) is 11.8 Å². The van der Waals surface area contributed by atoms with Crippen molar-refractivity contribution in [3.05, 3.63) is 64.1 Å². The molecule has 2 rings (SSSR count). The number of halogens is 3. The Morgan fingerprint density at radius 3 is 2.42 bits per heavy atom. The Bertz CT molecular complexity index is 557. The average molecular weight is 328 g/mol. The monoisotopic (exact) mass is 327 g/mol. The minimum Gasteiger partial charge on any atom is -0.386 e. The predicted molar refractivity (Wildman–Crippen MR) is 73.9 cm³/mol. The van der Waals surface area contributed by atoms with E-state index in [0.717, 1.165) is 0 Å². The van der Waals surface area contributed by atoms with Crippen LogP contribution in [0.3, 0.4) is 0 Å². The first-order valence-electron chi connectivity index (χ1n) is 5.70. The van der Waals surface area contributed by atoms with E-state index in [-0.39, 0.29) is 17.8 Å². The van der Waals surface area contributed by atoms with Crippen molar-refractivity contribution in [3.63, 3.8) is 0 Å². The fourth-order valence-electron chi connectivity index (χ4n) is 1.72. The van der Waals surface area contributed by atoms with Gasteiger partial charge in [-0.2, -0.15) is 0 Å². The lowest BCUT2D eigenvalue weighted by atomic mass is 10.1. The Morgan fingerprint density at radius 1 is 1.05 bits per heavy atom. The van der Waals surface area contributed by atoms with Gasteiger partial charge in [-0.1, -0.05) is 24.3 Å². The van der Waals surface area contributed by atoms with E-state index in [9.17, 15) is 13.9 Å². The summed E-state index contributed by atoms with van der Waals surface area (Å²) in [5, 5.41) is 12.7. The average Bonchev–Trinajstić information content (AvgIpc) is 2.38. The molecule has 0 aliphatic carbocycles. The Kier molecular flexibility index (Phi) is 4.50. The SMILES string of the molecule is OC(CNc1c(F)cccc1Br)c1ccccc1F. The maximum Gasteiger partial charge on any atom is 0.147 e. The summed E-state index contributed by atoms with van der Waals surface area (Å²) in [5.74, 6) is -0.917. The van der Waals surface area contributed by atoms with Crippen LogP contribution in [-0.2, 0) is 0 Å². The zero-order valence-corrected chi connectivity index (χ0v) is 11.5. The number of hydrogen-bond acceptors (Lipinski definition) is 2. The van der Waals surface area contributed by atoms with Gasteiger partial charge in [-0.25, -0.2) is 8.78 Å². The lowest BCUT2D eigenvalue weighted by Gasteiger charge is -2.15. The Hall–Kier alpha value is -1.46. The van der Waals surface area contributed by atoms with Crippen LogP contribution in [0.4, 0.5) is 14.5 Å². The summed E-state index contributed by atoms with van der Waals surface area (Å²) in [6.45, 7) is 0.0144. The number of hydrogen-bond donors (Lipinski definition) is 2. The minimum absolute atomic E-state index is 0.0144. The molecule has 0 amide bonds. The smallest absolute Gasteiger partial charge is 0.147 e. The maximum absolute atomic E-state index is 13.5. The summed E-state index contributed by atoms with van der Waals surface area (Å²) in [6.07, 6.45) is -1.05. The highest BCUT2D eigenvalue weighted by atomic mass is 79.9. The highest BCUT2D eigenvalue weighted by Gasteiger charge is 2.13. The van der Waals surface area contributed by atoms with Crippen molar-refractivity contribution in [2.75, 3.05) is 11.9 Å². The summed E-state index contributed by atoms with van der Waals surface area (Å²) in [6, 6.07) is 10.5. The molecule has 0 spiro atoms. The fourth-order valence-corrected chi connectivity index (χ4v) is 2.20. The van der Waals surface area contributed by atoms with Crippen LogP contribution in [-0.4, -0.2) is 11.7 Å². The van der Waals surface area contributed by atoms with Crippen LogP contribution in [0.1, 0.15) is 11.7 Å². The topological polar surface area (TPSA) is 32.3 Å². The van der Waals surface area contributed by atoms with Crippen LogP contribution in [0.5, 0.6) is 0 Å². The lowest BCUT2D eigenvalue weighted by molar-refractivity contribution is 0.186. The number of aliphatic hydroxyl groups is 1. The van der Waals surface area contributed by atoms with E-state index in [1.54, 1.807) is 24.3 Å². The van der Waals surface area contributed by atoms with Crippen LogP contribution in [0, 0.1) is 11.6 Å². The molecule has 0 aliphatic rings. The molecule has 0 aromatic heterocycles. The van der Waals surface area contributed by atoms with Crippen LogP contribution in [0.15, 0.2) is 46.9 Å². The highest BCUT2D eigenvalue weighted by molar-refractivity contribution is 9.10. The number of benzene rings is 2. The molecule has 5 heteroatoms. The molecule has 2 nitrogen and oxygen atoms in total. The standard InChI is InChI=1S/C14H12BrF2NO/c15-10-5-3-7-12(17)14(10)18-8-13(19)9-4-1-2-6-11(9)16/h1-7,13,18-19H,8H2. The van der Waals surface area contributed by atoms with Gasteiger partial charge in [-0.05, 0) is 34.1 Å². The van der Waals surface area contributed by atoms with Crippen LogP contribution in [0.2, 0.25) is 0 Å². The van der Waals surface area contributed by atoms with Gasteiger partial charge in [0.1, 0.15) is 11.6 Å². The van der Waals surface area contributed by atoms with E-state index < -0.39 is 17.7 Å². The molecule has 0 bridgehead atoms. The molecule has 100 valence electrons. The largest absolute Gasteiger partial charge is 0.386 e. The van der Waals surface area contributed by atoms with Gasteiger partial charge in [0, 0.05) is 16.6 Å². The molecular formula is C14H12BrF2NO. The van der Waals surface area contributed by atoms with Gasteiger partial charge >= 0.3 is 0 Å². The zero-order chi connectivity index (χ0) is 13.8. The molecule has 0 aliphatic heterocycles. The van der Waals surface area contributed by atoms with Crippen molar-refractivity contribution < 1.29 is 13.9 Å². The molecule has 2 aromatic rings. The van der Waals surface area contributed by atoms with Crippen LogP contribution < -0.4 is 5.32 Å². The zero-order valence-electron chi connectivity index (χ0n) is 9.91. The van der Waals surface area contributed by atoms with Crippen molar-refractivity contribution in [2.24, 2.45) is 0 Å². The minimum atomic E-state index is -1.05. The fraction of sp³-hybridized carbons (Fsp3) is 0.143. The number of nitrogens with one attached hydrogen (secondary N) is 1. The number of aliphatic hydroxyl groups excluding tert-OH is 1. The first kappa shape index (κ1) is 14.0. The quantitative estimate of drug-likeness (QED) is 0.893. The molecule has 2 N–H and O–H groups in total. The third-order valence-corrected chi connectivity index (χ3v) is 3.36. The second-order valence-corrected chi connectivity index (χ2v) is 4.87. The summed E-state index contributed by atoms with van der Waals surface area (Å²) in [4.78, 5) is 0. The second kappa shape index (κ2) is 6.12. The Labute approximate surface area is 118 Å². The normalized spacial score (nSPS) is 12.2. The van der Waals surface area contributed by atoms with E-state index in [1.165, 1.54) is 18.2 Å². The van der Waals surface area contributed by atoms with E-state index in [4.69, 9.17) is 0 Å². The second-order valence-electron chi connectivity index (χ2n) is 4.01. The summed E-state index contributed by atoms with van der Waals surface area (Å²) >= 11 is 3.21. The lowest BCUT2D eigenvalue weighted by Crippen LogP contribution is -2.14. The van der Waals surface area contributed by atoms with Crippen molar-refractivity contribution in [1.29, 1.82) is 0 Å². The molecule has 0 saturated carbocycles. The molecule has 0 heterocycles. The first-order chi connectivity index (χ1) is 9.09. The molecule has 19 heavy (non-hydrogen) atoms. The van der Waals surface area contributed by atoms with Crippen molar-refractivity contribution in [2.45, 2.75) is 6.10 Å². The van der Waals surface area contributed by atoms with Gasteiger partial charge in [-0.15, -0.1) is 0 Å². The molecule has 0 radical (unpaired) electrons. The number of anilines is 1. The third-order valence-electron chi connectivity index (χ3n) is 2.70. The molecule has 0 fully saturated rings. The van der Waals surface area contributed by atoms with E-state index >= 15 is 0 Å². The molecular weight excluding hydrogens is 316 g/mol. The van der Waals surface area contributed by atoms with Crippen molar-refractivity contribution in [3.8, 4) is 0 Å². The first-order valence-corrected chi connectivity index (χ1v) is 6.49. The van der Waals surface area contributed by atoms with E-state index in [1.807, 2.05) is 0 Å². The van der Waals surface area contributed by atoms with Gasteiger partial charge in [0.15, 0.2) is 0 Å². The Balaban J connectivity index is 2.09. The van der Waals surface area contributed by atoms with Crippen LogP contribution in [0.25, 0.3) is 0 Å². The van der Waals surface area contributed by atoms with Crippen molar-refractivity contribution in [1.82, 2.24) is 0 Å². The molecule has 1 atom stereocenters. The van der Waals surface area contributed by atoms with Gasteiger partial charge < -0.3 is 10.4 Å².